The number of pyridine rings is 2. The molecule has 1 atom stereocenters. The Morgan fingerprint density at radius 1 is 0.632 bits per heavy atom. The van der Waals surface area contributed by atoms with Crippen molar-refractivity contribution in [1.82, 2.24) is 9.97 Å². The SMILES string of the molecule is Fc1cc(Cl)ccc1CC1(c2ccc(-c3ccc(OC(F)(F)F)cc3)cn2)CO1.O=C(Cc1ccc(Cl)cc1F)c1ccc(-c2ccc(OC(F)(F)F)cc2)cn1. The molecule has 0 N–H and O–H groups in total. The summed E-state index contributed by atoms with van der Waals surface area (Å²) in [7, 11) is 0. The number of benzene rings is 4. The predicted molar refractivity (Wildman–Crippen MR) is 195 cm³/mol. The van der Waals surface area contributed by atoms with Gasteiger partial charge in [-0.3, -0.25) is 14.8 Å². The number of halogens is 10. The number of nitrogens with zero attached hydrogens (tertiary/aromatic N) is 2. The van der Waals surface area contributed by atoms with Crippen molar-refractivity contribution in [3.8, 4) is 33.8 Å². The lowest BCUT2D eigenvalue weighted by atomic mass is 9.95. The van der Waals surface area contributed by atoms with Gasteiger partial charge in [0.25, 0.3) is 0 Å². The molecule has 2 aromatic heterocycles. The molecule has 0 bridgehead atoms. The molecule has 7 rings (SSSR count). The molecule has 1 fully saturated rings. The quantitative estimate of drug-likeness (QED) is 0.0777. The van der Waals surface area contributed by atoms with Crippen molar-refractivity contribution in [2.75, 3.05) is 6.61 Å². The van der Waals surface area contributed by atoms with Crippen molar-refractivity contribution in [2.45, 2.75) is 31.2 Å². The minimum atomic E-state index is -4.76. The van der Waals surface area contributed by atoms with E-state index in [0.29, 0.717) is 46.0 Å². The summed E-state index contributed by atoms with van der Waals surface area (Å²) in [6, 6.07) is 26.0. The van der Waals surface area contributed by atoms with Gasteiger partial charge >= 0.3 is 12.7 Å². The Hall–Kier alpha value is -5.57. The van der Waals surface area contributed by atoms with Crippen LogP contribution < -0.4 is 9.47 Å². The van der Waals surface area contributed by atoms with Gasteiger partial charge in [-0.2, -0.15) is 0 Å². The Morgan fingerprint density at radius 2 is 1.09 bits per heavy atom. The van der Waals surface area contributed by atoms with E-state index < -0.39 is 30.0 Å². The van der Waals surface area contributed by atoms with Gasteiger partial charge in [-0.25, -0.2) is 8.78 Å². The van der Waals surface area contributed by atoms with Crippen molar-refractivity contribution in [3.05, 3.63) is 166 Å². The van der Waals surface area contributed by atoms with Crippen LogP contribution in [0.5, 0.6) is 11.5 Å². The predicted octanol–water partition coefficient (Wildman–Crippen LogP) is 11.8. The zero-order valence-corrected chi connectivity index (χ0v) is 30.5. The van der Waals surface area contributed by atoms with Crippen LogP contribution >= 0.6 is 23.2 Å². The van der Waals surface area contributed by atoms with Crippen LogP contribution in [0.4, 0.5) is 35.1 Å². The molecule has 0 radical (unpaired) electrons. The third-order valence-corrected chi connectivity index (χ3v) is 8.94. The maximum Gasteiger partial charge on any atom is 0.573 e. The normalized spacial score (nSPS) is 15.0. The smallest absolute Gasteiger partial charge is 0.406 e. The summed E-state index contributed by atoms with van der Waals surface area (Å²) in [5, 5.41) is 0.564. The molecule has 3 heterocycles. The molecule has 1 unspecified atom stereocenters. The van der Waals surface area contributed by atoms with Gasteiger partial charge in [0.1, 0.15) is 34.4 Å². The first-order valence-electron chi connectivity index (χ1n) is 16.7. The van der Waals surface area contributed by atoms with Gasteiger partial charge in [0.15, 0.2) is 5.78 Å². The van der Waals surface area contributed by atoms with E-state index >= 15 is 0 Å². The van der Waals surface area contributed by atoms with Gasteiger partial charge in [0, 0.05) is 46.4 Å². The first-order chi connectivity index (χ1) is 26.9. The van der Waals surface area contributed by atoms with E-state index in [-0.39, 0.29) is 40.0 Å². The molecular formula is C41H26Cl2F8N2O4. The first-order valence-corrected chi connectivity index (χ1v) is 17.4. The number of epoxide rings is 1. The molecule has 0 amide bonds. The molecule has 6 nitrogen and oxygen atoms in total. The van der Waals surface area contributed by atoms with Crippen LogP contribution in [0.3, 0.4) is 0 Å². The number of aromatic nitrogens is 2. The van der Waals surface area contributed by atoms with Gasteiger partial charge in [0.05, 0.1) is 12.3 Å². The molecular weight excluding hydrogens is 807 g/mol. The van der Waals surface area contributed by atoms with Crippen LogP contribution in [-0.2, 0) is 23.2 Å². The summed E-state index contributed by atoms with van der Waals surface area (Å²) in [4.78, 5) is 20.8. The number of hydrogen-bond acceptors (Lipinski definition) is 6. The number of carbonyl (C=O) groups is 1. The number of hydrogen-bond donors (Lipinski definition) is 0. The molecule has 16 heteroatoms. The van der Waals surface area contributed by atoms with E-state index in [2.05, 4.69) is 19.4 Å². The van der Waals surface area contributed by atoms with Crippen LogP contribution in [0.1, 0.15) is 27.3 Å². The second-order valence-corrected chi connectivity index (χ2v) is 13.4. The van der Waals surface area contributed by atoms with Crippen LogP contribution in [0, 0.1) is 11.6 Å². The number of carbonyl (C=O) groups excluding carboxylic acids is 1. The maximum absolute atomic E-state index is 14.1. The fourth-order valence-corrected chi connectivity index (χ4v) is 5.91. The summed E-state index contributed by atoms with van der Waals surface area (Å²) < 4.78 is 115. The number of ether oxygens (including phenoxy) is 3. The third-order valence-electron chi connectivity index (χ3n) is 8.47. The number of ketones is 1. The van der Waals surface area contributed by atoms with Crippen LogP contribution in [0.25, 0.3) is 22.3 Å². The number of rotatable bonds is 10. The average Bonchev–Trinajstić information content (AvgIpc) is 3.94. The lowest BCUT2D eigenvalue weighted by Gasteiger charge is -2.13. The Labute approximate surface area is 329 Å². The molecule has 0 spiro atoms. The number of alkyl halides is 6. The maximum atomic E-state index is 14.1. The molecule has 0 saturated carbocycles. The second-order valence-electron chi connectivity index (χ2n) is 12.5. The van der Waals surface area contributed by atoms with Crippen LogP contribution in [-0.4, -0.2) is 35.1 Å². The van der Waals surface area contributed by atoms with E-state index in [0.717, 1.165) is 11.6 Å². The highest BCUT2D eigenvalue weighted by Crippen LogP contribution is 2.42. The van der Waals surface area contributed by atoms with Gasteiger partial charge in [0.2, 0.25) is 0 Å². The first kappa shape index (κ1) is 41.1. The van der Waals surface area contributed by atoms with Crippen molar-refractivity contribution in [2.24, 2.45) is 0 Å². The zero-order chi connectivity index (χ0) is 41.0. The van der Waals surface area contributed by atoms with Crippen LogP contribution in [0.2, 0.25) is 10.0 Å². The van der Waals surface area contributed by atoms with Crippen molar-refractivity contribution >= 4 is 29.0 Å². The van der Waals surface area contributed by atoms with Crippen molar-refractivity contribution < 1.29 is 54.1 Å². The minimum Gasteiger partial charge on any atom is -0.406 e. The summed E-state index contributed by atoms with van der Waals surface area (Å²) in [5.74, 6) is -1.97. The van der Waals surface area contributed by atoms with E-state index in [1.54, 1.807) is 36.5 Å². The Balaban J connectivity index is 0.000000193. The van der Waals surface area contributed by atoms with Gasteiger partial charge in [-0.05, 0) is 82.9 Å². The van der Waals surface area contributed by atoms with Gasteiger partial charge in [-0.1, -0.05) is 71.7 Å². The molecule has 6 aromatic rings. The summed E-state index contributed by atoms with van der Waals surface area (Å²) >= 11 is 11.5. The summed E-state index contributed by atoms with van der Waals surface area (Å²) in [6.45, 7) is 0.422. The Kier molecular flexibility index (Phi) is 12.2. The zero-order valence-electron chi connectivity index (χ0n) is 29.0. The highest BCUT2D eigenvalue weighted by Gasteiger charge is 2.48. The van der Waals surface area contributed by atoms with E-state index in [1.165, 1.54) is 79.0 Å². The summed E-state index contributed by atoms with van der Waals surface area (Å²) in [6.07, 6.45) is -6.30. The van der Waals surface area contributed by atoms with E-state index in [9.17, 15) is 39.9 Å². The fraction of sp³-hybridized carbons (Fsp3) is 0.146. The lowest BCUT2D eigenvalue weighted by molar-refractivity contribution is -0.275. The Morgan fingerprint density at radius 3 is 1.49 bits per heavy atom. The van der Waals surface area contributed by atoms with E-state index in [1.807, 2.05) is 0 Å². The van der Waals surface area contributed by atoms with Crippen LogP contribution in [0.15, 0.2) is 122 Å². The van der Waals surface area contributed by atoms with E-state index in [4.69, 9.17) is 27.9 Å². The largest absolute Gasteiger partial charge is 0.573 e. The summed E-state index contributed by atoms with van der Waals surface area (Å²) in [5.41, 5.74) is 3.44. The molecule has 0 aliphatic carbocycles. The highest BCUT2D eigenvalue weighted by molar-refractivity contribution is 6.30. The molecule has 294 valence electrons. The molecule has 1 aliphatic heterocycles. The molecule has 57 heavy (non-hydrogen) atoms. The molecule has 4 aromatic carbocycles. The molecule has 1 saturated heterocycles. The molecule has 1 aliphatic rings. The monoisotopic (exact) mass is 832 g/mol. The Bertz CT molecular complexity index is 2340. The lowest BCUT2D eigenvalue weighted by Crippen LogP contribution is -2.17. The second kappa shape index (κ2) is 16.9. The topological polar surface area (TPSA) is 73.8 Å². The third kappa shape index (κ3) is 11.3. The minimum absolute atomic E-state index is 0.148. The fourth-order valence-electron chi connectivity index (χ4n) is 5.59. The van der Waals surface area contributed by atoms with Gasteiger partial charge < -0.3 is 14.2 Å². The van der Waals surface area contributed by atoms with Gasteiger partial charge in [-0.15, -0.1) is 26.3 Å². The van der Waals surface area contributed by atoms with Crippen molar-refractivity contribution in [3.63, 3.8) is 0 Å². The standard InChI is InChI=1S/C21H14ClF4NO2.C20H12ClF4NO2/c22-16-5-1-14(18(23)9-16)10-20(12-28-20)19-8-4-15(11-27-19)13-2-6-17(7-3-13)29-21(24,25)26;21-15-5-1-13(17(22)10-15)9-19(27)18-8-4-14(11-26-18)12-2-6-16(7-3-12)28-20(23,24)25/h1-9,11H,10,12H2;1-8,10-11H,9H2. The highest BCUT2D eigenvalue weighted by atomic mass is 35.5. The average molecular weight is 834 g/mol. The number of Topliss-reactive ketones (excluding diaryl/α,β-unsaturated/α-hetero) is 1. The van der Waals surface area contributed by atoms with Crippen molar-refractivity contribution in [1.29, 1.82) is 0 Å².